The fraction of sp³-hybridized carbons (Fsp3) is 0.273. The number of hydrogen-bond donors (Lipinski definition) is 1. The van der Waals surface area contributed by atoms with Crippen molar-refractivity contribution in [1.29, 1.82) is 0 Å². The van der Waals surface area contributed by atoms with E-state index in [1.807, 2.05) is 36.4 Å². The Morgan fingerprint density at radius 2 is 1.93 bits per heavy atom. The van der Waals surface area contributed by atoms with Crippen LogP contribution in [0.5, 0.6) is 0 Å². The minimum Gasteiger partial charge on any atom is -0.353 e. The monoisotopic (exact) mass is 409 g/mol. The third-order valence-corrected chi connectivity index (χ3v) is 7.10. The van der Waals surface area contributed by atoms with Gasteiger partial charge in [-0.25, -0.2) is 8.42 Å². The van der Waals surface area contributed by atoms with Gasteiger partial charge in [-0.05, 0) is 59.9 Å². The van der Waals surface area contributed by atoms with Crippen LogP contribution in [0.1, 0.15) is 23.6 Å². The van der Waals surface area contributed by atoms with Gasteiger partial charge in [0.2, 0.25) is 15.9 Å². The summed E-state index contributed by atoms with van der Waals surface area (Å²) in [7, 11) is -2.03. The van der Waals surface area contributed by atoms with E-state index >= 15 is 0 Å². The summed E-state index contributed by atoms with van der Waals surface area (Å²) in [6, 6.07) is 14.9. The second kappa shape index (κ2) is 7.57. The van der Waals surface area contributed by atoms with Crippen molar-refractivity contribution >= 4 is 26.8 Å². The number of hydrogen-bond acceptors (Lipinski definition) is 4. The maximum Gasteiger partial charge on any atom is 0.243 e. The van der Waals surface area contributed by atoms with E-state index in [2.05, 4.69) is 10.3 Å². The van der Waals surface area contributed by atoms with E-state index in [0.717, 1.165) is 34.0 Å². The summed E-state index contributed by atoms with van der Waals surface area (Å²) in [5.74, 6) is -0.0685. The predicted molar refractivity (Wildman–Crippen MR) is 112 cm³/mol. The van der Waals surface area contributed by atoms with Crippen LogP contribution in [0, 0.1) is 0 Å². The Balaban J connectivity index is 1.54. The molecular formula is C22H23N3O3S. The van der Waals surface area contributed by atoms with Gasteiger partial charge >= 0.3 is 0 Å². The van der Waals surface area contributed by atoms with Crippen molar-refractivity contribution < 1.29 is 13.2 Å². The number of benzene rings is 2. The maximum atomic E-state index is 13.1. The summed E-state index contributed by atoms with van der Waals surface area (Å²) < 4.78 is 27.6. The molecule has 1 N–H and O–H groups in total. The smallest absolute Gasteiger partial charge is 0.243 e. The number of sulfonamides is 1. The van der Waals surface area contributed by atoms with E-state index in [1.54, 1.807) is 25.4 Å². The highest BCUT2D eigenvalue weighted by atomic mass is 32.2. The van der Waals surface area contributed by atoms with Crippen molar-refractivity contribution in [2.45, 2.75) is 37.2 Å². The lowest BCUT2D eigenvalue weighted by Gasteiger charge is -2.18. The lowest BCUT2D eigenvalue weighted by molar-refractivity contribution is -0.119. The number of fused-ring (bicyclic) bond motifs is 2. The van der Waals surface area contributed by atoms with Gasteiger partial charge < -0.3 is 5.32 Å². The van der Waals surface area contributed by atoms with E-state index in [9.17, 15) is 13.2 Å². The molecule has 1 unspecified atom stereocenters. The Hall–Kier alpha value is -2.77. The van der Waals surface area contributed by atoms with E-state index in [1.165, 1.54) is 11.2 Å². The molecule has 1 aliphatic carbocycles. The number of aromatic nitrogens is 1. The minimum atomic E-state index is -3.62. The van der Waals surface area contributed by atoms with Gasteiger partial charge in [0.1, 0.15) is 0 Å². The van der Waals surface area contributed by atoms with Crippen LogP contribution in [0.15, 0.2) is 59.6 Å². The first-order valence-electron chi connectivity index (χ1n) is 9.52. The quantitative estimate of drug-likeness (QED) is 0.703. The number of carbonyl (C=O) groups is 1. The molecule has 6 nitrogen and oxygen atoms in total. The van der Waals surface area contributed by atoms with Crippen LogP contribution in [-0.2, 0) is 34.2 Å². The summed E-state index contributed by atoms with van der Waals surface area (Å²) in [4.78, 5) is 15.9. The number of pyridine rings is 1. The molecule has 0 fully saturated rings. The third-order valence-electron chi connectivity index (χ3n) is 5.30. The second-order valence-corrected chi connectivity index (χ2v) is 9.57. The summed E-state index contributed by atoms with van der Waals surface area (Å²) in [5, 5.41) is 3.90. The zero-order valence-electron chi connectivity index (χ0n) is 16.4. The van der Waals surface area contributed by atoms with Crippen molar-refractivity contribution in [3.05, 3.63) is 71.4 Å². The topological polar surface area (TPSA) is 79.4 Å². The van der Waals surface area contributed by atoms with Gasteiger partial charge in [-0.3, -0.25) is 9.78 Å². The standard InChI is InChI=1S/C22H23N3O3S/c1-15(26)24-20-11-17-6-7-21(13-19(17)12-20)29(27,28)25(2)14-16-5-8-22-18(10-16)4-3-9-23-22/h3-10,13,20H,11-12,14H2,1-2H3,(H,24,26). The Kier molecular flexibility index (Phi) is 5.10. The molecule has 2 aromatic carbocycles. The van der Waals surface area contributed by atoms with Crippen molar-refractivity contribution in [3.8, 4) is 0 Å². The highest BCUT2D eigenvalue weighted by molar-refractivity contribution is 7.89. The van der Waals surface area contributed by atoms with Crippen LogP contribution < -0.4 is 5.32 Å². The van der Waals surface area contributed by atoms with Crippen LogP contribution in [-0.4, -0.2) is 36.7 Å². The van der Waals surface area contributed by atoms with Crippen molar-refractivity contribution in [1.82, 2.24) is 14.6 Å². The first kappa shape index (κ1) is 19.5. The summed E-state index contributed by atoms with van der Waals surface area (Å²) in [5.41, 5.74) is 3.86. The molecule has 7 heteroatoms. The molecule has 4 rings (SSSR count). The molecule has 0 aliphatic heterocycles. The zero-order valence-corrected chi connectivity index (χ0v) is 17.2. The largest absolute Gasteiger partial charge is 0.353 e. The van der Waals surface area contributed by atoms with E-state index in [-0.39, 0.29) is 23.4 Å². The lowest BCUT2D eigenvalue weighted by Crippen LogP contribution is -2.33. The van der Waals surface area contributed by atoms with Crippen molar-refractivity contribution in [3.63, 3.8) is 0 Å². The normalized spacial score (nSPS) is 16.2. The van der Waals surface area contributed by atoms with Crippen LogP contribution in [0.3, 0.4) is 0 Å². The average molecular weight is 410 g/mol. The van der Waals surface area contributed by atoms with Gasteiger partial charge in [-0.15, -0.1) is 0 Å². The number of amides is 1. The predicted octanol–water partition coefficient (Wildman–Crippen LogP) is 2.66. The molecule has 0 radical (unpaired) electrons. The van der Waals surface area contributed by atoms with Crippen LogP contribution in [0.25, 0.3) is 10.9 Å². The minimum absolute atomic E-state index is 0.0318. The molecule has 0 bridgehead atoms. The van der Waals surface area contributed by atoms with Gasteiger partial charge in [0.25, 0.3) is 0 Å². The van der Waals surface area contributed by atoms with Crippen LogP contribution >= 0.6 is 0 Å². The Morgan fingerprint density at radius 1 is 1.14 bits per heavy atom. The third kappa shape index (κ3) is 4.02. The average Bonchev–Trinajstić information content (AvgIpc) is 3.08. The second-order valence-electron chi connectivity index (χ2n) is 7.53. The lowest BCUT2D eigenvalue weighted by atomic mass is 10.1. The highest BCUT2D eigenvalue weighted by Crippen LogP contribution is 2.27. The molecule has 0 saturated heterocycles. The molecule has 0 saturated carbocycles. The molecule has 1 amide bonds. The summed E-state index contributed by atoms with van der Waals surface area (Å²) >= 11 is 0. The first-order chi connectivity index (χ1) is 13.8. The Labute approximate surface area is 170 Å². The fourth-order valence-electron chi connectivity index (χ4n) is 3.89. The summed E-state index contributed by atoms with van der Waals surface area (Å²) in [6.45, 7) is 1.77. The van der Waals surface area contributed by atoms with Crippen molar-refractivity contribution in [2.75, 3.05) is 7.05 Å². The van der Waals surface area contributed by atoms with E-state index in [4.69, 9.17) is 0 Å². The SMILES string of the molecule is CC(=O)NC1Cc2ccc(S(=O)(=O)N(C)Cc3ccc4ncccc4c3)cc2C1. The molecule has 1 atom stereocenters. The van der Waals surface area contributed by atoms with Gasteiger partial charge in [0.15, 0.2) is 0 Å². The molecule has 1 aromatic heterocycles. The van der Waals surface area contributed by atoms with Crippen LogP contribution in [0.4, 0.5) is 0 Å². The fourth-order valence-corrected chi connectivity index (χ4v) is 5.10. The molecule has 1 aliphatic rings. The van der Waals surface area contributed by atoms with Crippen LogP contribution in [0.2, 0.25) is 0 Å². The Bertz CT molecular complexity index is 1190. The molecule has 1 heterocycles. The van der Waals surface area contributed by atoms with Crippen molar-refractivity contribution in [2.24, 2.45) is 0 Å². The van der Waals surface area contributed by atoms with Gasteiger partial charge in [-0.1, -0.05) is 18.2 Å². The van der Waals surface area contributed by atoms with E-state index < -0.39 is 10.0 Å². The van der Waals surface area contributed by atoms with E-state index in [0.29, 0.717) is 6.42 Å². The van der Waals surface area contributed by atoms with Gasteiger partial charge in [0, 0.05) is 38.1 Å². The Morgan fingerprint density at radius 3 is 2.72 bits per heavy atom. The number of nitrogens with zero attached hydrogens (tertiary/aromatic N) is 2. The number of rotatable bonds is 5. The molecule has 0 spiro atoms. The maximum absolute atomic E-state index is 13.1. The van der Waals surface area contributed by atoms with Gasteiger partial charge in [-0.2, -0.15) is 4.31 Å². The number of carbonyl (C=O) groups excluding carboxylic acids is 1. The number of nitrogens with one attached hydrogen (secondary N) is 1. The molecular weight excluding hydrogens is 386 g/mol. The molecule has 29 heavy (non-hydrogen) atoms. The van der Waals surface area contributed by atoms with Gasteiger partial charge in [0.05, 0.1) is 10.4 Å². The first-order valence-corrected chi connectivity index (χ1v) is 11.0. The molecule has 150 valence electrons. The molecule has 3 aromatic rings. The highest BCUT2D eigenvalue weighted by Gasteiger charge is 2.26. The zero-order chi connectivity index (χ0) is 20.6. The summed E-state index contributed by atoms with van der Waals surface area (Å²) in [6.07, 6.45) is 3.12.